The highest BCUT2D eigenvalue weighted by molar-refractivity contribution is 7.91. The molecule has 3 saturated carbocycles. The SMILES string of the molecule is CC[C@H]1C(C(=O)C[C@]2(C(=O)NS(=O)(=O)C3(C)CC3)C[C@H]2CC(F)F)N2C[C@@H]1Oc1nc3cc(OC)ccc3nc1CCCCC[C@@H]1CCC[C@@]1(C)OC(=O)C[C@@H](C(C)(C)C)C2=O. The van der Waals surface area contributed by atoms with Gasteiger partial charge in [-0.1, -0.05) is 40.5 Å². The number of esters is 1. The molecule has 342 valence electrons. The number of ketones is 1. The number of alkyl halides is 2. The standard InChI is InChI=1S/C46H64F2N4O9S/c1-8-30-36-26-52(39(30)35(53)25-46(24-28(46)21-37(47)48)42(56)51-62(57,58)44(5)19-20-44)41(55)31(43(2,3)4)23-38(54)61-45(6)18-12-14-27(45)13-10-9-11-15-33-40(60-36)50-34-22-29(59-7)16-17-32(34)49-33/h16-17,22,27-28,30-31,36-37,39H,8-15,18-21,23-26H2,1-7H3,(H,51,56)/t27-,28-,30-,31-,36+,39?,45-,46-/m1/s1. The second kappa shape index (κ2) is 17.2. The molecule has 62 heavy (non-hydrogen) atoms. The summed E-state index contributed by atoms with van der Waals surface area (Å²) in [7, 11) is -2.59. The molecule has 3 heterocycles. The molecule has 2 aromatic rings. The lowest BCUT2D eigenvalue weighted by molar-refractivity contribution is -0.167. The van der Waals surface area contributed by atoms with Crippen LogP contribution in [0.1, 0.15) is 137 Å². The number of benzene rings is 1. The number of hydrogen-bond acceptors (Lipinski definition) is 11. The van der Waals surface area contributed by atoms with Gasteiger partial charge in [0, 0.05) is 24.8 Å². The van der Waals surface area contributed by atoms with Crippen LogP contribution < -0.4 is 14.2 Å². The minimum absolute atomic E-state index is 0.0706. The quantitative estimate of drug-likeness (QED) is 0.234. The number of rotatable bonds is 10. The number of nitrogens with one attached hydrogen (secondary N) is 1. The van der Waals surface area contributed by atoms with Crippen LogP contribution in [0.3, 0.4) is 0 Å². The molecule has 1 N–H and O–H groups in total. The van der Waals surface area contributed by atoms with Gasteiger partial charge in [-0.2, -0.15) is 0 Å². The monoisotopic (exact) mass is 886 g/mol. The third-order valence-corrected chi connectivity index (χ3v) is 17.1. The number of ether oxygens (including phenoxy) is 3. The van der Waals surface area contributed by atoms with Crippen LogP contribution in [-0.2, 0) is 40.4 Å². The van der Waals surface area contributed by atoms with Crippen molar-refractivity contribution in [2.75, 3.05) is 13.7 Å². The van der Waals surface area contributed by atoms with E-state index >= 15 is 9.59 Å². The minimum Gasteiger partial charge on any atom is -0.497 e. The summed E-state index contributed by atoms with van der Waals surface area (Å²) in [5.74, 6) is -4.01. The smallest absolute Gasteiger partial charge is 0.307 e. The topological polar surface area (TPSA) is 171 Å². The van der Waals surface area contributed by atoms with Crippen molar-refractivity contribution in [2.45, 2.75) is 167 Å². The molecule has 7 rings (SSSR count). The average Bonchev–Trinajstić information content (AvgIpc) is 4.03. The third-order valence-electron chi connectivity index (χ3n) is 14.9. The number of fused-ring (bicyclic) bond motifs is 5. The average molecular weight is 887 g/mol. The summed E-state index contributed by atoms with van der Waals surface area (Å²) < 4.78 is 74.0. The lowest BCUT2D eigenvalue weighted by Gasteiger charge is -2.37. The number of aromatic nitrogens is 2. The zero-order chi connectivity index (χ0) is 45.0. The van der Waals surface area contributed by atoms with Gasteiger partial charge in [-0.25, -0.2) is 27.2 Å². The van der Waals surface area contributed by atoms with E-state index in [2.05, 4.69) is 4.72 Å². The van der Waals surface area contributed by atoms with Gasteiger partial charge in [0.25, 0.3) is 0 Å². The van der Waals surface area contributed by atoms with E-state index in [-0.39, 0.29) is 31.2 Å². The second-order valence-corrected chi connectivity index (χ2v) is 22.5. The Hall–Kier alpha value is -3.95. The Labute approximate surface area is 364 Å². The largest absolute Gasteiger partial charge is 0.497 e. The fourth-order valence-electron chi connectivity index (χ4n) is 10.5. The van der Waals surface area contributed by atoms with Crippen molar-refractivity contribution in [3.63, 3.8) is 0 Å². The second-order valence-electron chi connectivity index (χ2n) is 20.3. The van der Waals surface area contributed by atoms with Crippen LogP contribution in [0.15, 0.2) is 18.2 Å². The van der Waals surface area contributed by atoms with Gasteiger partial charge in [-0.3, -0.25) is 23.9 Å². The maximum absolute atomic E-state index is 15.2. The molecule has 13 nitrogen and oxygen atoms in total. The highest BCUT2D eigenvalue weighted by atomic mass is 32.2. The van der Waals surface area contributed by atoms with Gasteiger partial charge in [0.1, 0.15) is 23.1 Å². The maximum atomic E-state index is 15.2. The number of halogens is 2. The fraction of sp³-hybridized carbons (Fsp3) is 0.739. The summed E-state index contributed by atoms with van der Waals surface area (Å²) >= 11 is 0. The molecule has 5 aliphatic rings. The highest BCUT2D eigenvalue weighted by Gasteiger charge is 2.64. The Kier molecular flexibility index (Phi) is 12.8. The summed E-state index contributed by atoms with van der Waals surface area (Å²) in [6.45, 7) is 10.9. The molecule has 0 spiro atoms. The van der Waals surface area contributed by atoms with E-state index in [1.807, 2.05) is 46.8 Å². The number of carbonyl (C=O) groups is 4. The van der Waals surface area contributed by atoms with Gasteiger partial charge in [-0.05, 0) is 107 Å². The molecule has 1 aromatic heterocycles. The minimum atomic E-state index is -4.15. The van der Waals surface area contributed by atoms with Crippen molar-refractivity contribution in [3.05, 3.63) is 23.9 Å². The molecule has 2 amide bonds. The Morgan fingerprint density at radius 3 is 2.42 bits per heavy atom. The first-order chi connectivity index (χ1) is 29.1. The molecule has 2 aliphatic heterocycles. The van der Waals surface area contributed by atoms with Crippen molar-refractivity contribution in [1.29, 1.82) is 0 Å². The molecule has 0 radical (unpaired) electrons. The van der Waals surface area contributed by atoms with E-state index in [0.29, 0.717) is 48.2 Å². The van der Waals surface area contributed by atoms with Crippen LogP contribution in [0.2, 0.25) is 0 Å². The first kappa shape index (κ1) is 46.1. The zero-order valence-corrected chi connectivity index (χ0v) is 38.1. The van der Waals surface area contributed by atoms with Gasteiger partial charge in [0.2, 0.25) is 34.1 Å². The first-order valence-corrected chi connectivity index (χ1v) is 24.0. The van der Waals surface area contributed by atoms with Crippen molar-refractivity contribution in [1.82, 2.24) is 19.6 Å². The van der Waals surface area contributed by atoms with Crippen LogP contribution in [0.25, 0.3) is 11.0 Å². The van der Waals surface area contributed by atoms with E-state index in [1.54, 1.807) is 13.2 Å². The number of nitrogens with zero attached hydrogens (tertiary/aromatic N) is 3. The predicted molar refractivity (Wildman–Crippen MR) is 227 cm³/mol. The molecular weight excluding hydrogens is 823 g/mol. The van der Waals surface area contributed by atoms with Crippen LogP contribution in [0.4, 0.5) is 8.78 Å². The number of Topliss-reactive ketones (excluding diaryl/α,β-unsaturated/α-hetero) is 1. The predicted octanol–water partition coefficient (Wildman–Crippen LogP) is 7.51. The molecule has 2 bridgehead atoms. The molecule has 16 heteroatoms. The van der Waals surface area contributed by atoms with E-state index < -0.39 is 104 Å². The number of sulfonamides is 1. The van der Waals surface area contributed by atoms with Gasteiger partial charge < -0.3 is 19.1 Å². The molecule has 1 saturated heterocycles. The molecule has 1 aromatic carbocycles. The zero-order valence-electron chi connectivity index (χ0n) is 37.3. The lowest BCUT2D eigenvalue weighted by atomic mass is 9.77. The molecule has 4 fully saturated rings. The van der Waals surface area contributed by atoms with Crippen molar-refractivity contribution >= 4 is 44.6 Å². The fourth-order valence-corrected chi connectivity index (χ4v) is 11.8. The van der Waals surface area contributed by atoms with Crippen molar-refractivity contribution in [2.24, 2.45) is 34.5 Å². The van der Waals surface area contributed by atoms with Crippen molar-refractivity contribution < 1.29 is 50.6 Å². The first-order valence-electron chi connectivity index (χ1n) is 22.5. The summed E-state index contributed by atoms with van der Waals surface area (Å²) in [6, 6.07) is 4.22. The van der Waals surface area contributed by atoms with Gasteiger partial charge in [0.15, 0.2) is 5.78 Å². The summed E-state index contributed by atoms with van der Waals surface area (Å²) in [5.41, 5.74) is -1.34. The van der Waals surface area contributed by atoms with Crippen LogP contribution in [0.5, 0.6) is 11.6 Å². The molecular formula is C46H64F2N4O9S. The third kappa shape index (κ3) is 9.18. The van der Waals surface area contributed by atoms with Gasteiger partial charge >= 0.3 is 5.97 Å². The van der Waals surface area contributed by atoms with E-state index in [4.69, 9.17) is 24.2 Å². The molecule has 3 aliphatic carbocycles. The highest BCUT2D eigenvalue weighted by Crippen LogP contribution is 2.59. The van der Waals surface area contributed by atoms with Crippen LogP contribution >= 0.6 is 0 Å². The number of carbonyl (C=O) groups excluding carboxylic acids is 4. The normalized spacial score (nSPS) is 31.6. The summed E-state index contributed by atoms with van der Waals surface area (Å²) in [6.07, 6.45) is 2.51. The maximum Gasteiger partial charge on any atom is 0.307 e. The lowest BCUT2D eigenvalue weighted by Crippen LogP contribution is -2.50. The van der Waals surface area contributed by atoms with Crippen LogP contribution in [0, 0.1) is 34.5 Å². The summed E-state index contributed by atoms with van der Waals surface area (Å²) in [4.78, 5) is 69.6. The number of aryl methyl sites for hydroxylation is 1. The van der Waals surface area contributed by atoms with E-state index in [1.165, 1.54) is 11.8 Å². The Morgan fingerprint density at radius 2 is 1.76 bits per heavy atom. The number of methoxy groups -OCH3 is 1. The Bertz CT molecular complexity index is 2180. The summed E-state index contributed by atoms with van der Waals surface area (Å²) in [5, 5.41) is 0. The number of amides is 2. The van der Waals surface area contributed by atoms with Crippen molar-refractivity contribution in [3.8, 4) is 11.6 Å². The molecule has 1 unspecified atom stereocenters. The van der Waals surface area contributed by atoms with Gasteiger partial charge in [0.05, 0.1) is 53.2 Å². The molecule has 8 atom stereocenters. The van der Waals surface area contributed by atoms with Crippen LogP contribution in [-0.4, -0.2) is 89.4 Å². The Morgan fingerprint density at radius 1 is 1.03 bits per heavy atom. The Balaban J connectivity index is 1.29. The van der Waals surface area contributed by atoms with E-state index in [9.17, 15) is 26.8 Å². The number of hydrogen-bond donors (Lipinski definition) is 1. The van der Waals surface area contributed by atoms with Gasteiger partial charge in [-0.15, -0.1) is 0 Å². The van der Waals surface area contributed by atoms with E-state index in [0.717, 1.165) is 44.9 Å².